The van der Waals surface area contributed by atoms with Crippen LogP contribution in [0.5, 0.6) is 5.75 Å². The van der Waals surface area contributed by atoms with Crippen LogP contribution in [0, 0.1) is 6.92 Å². The van der Waals surface area contributed by atoms with Gasteiger partial charge in [0.1, 0.15) is 12.3 Å². The number of anilines is 1. The van der Waals surface area contributed by atoms with Gasteiger partial charge in [0.25, 0.3) is 15.9 Å². The third-order valence-corrected chi connectivity index (χ3v) is 6.48. The Balaban J connectivity index is 1.72. The maximum atomic E-state index is 13.3. The molecular weight excluding hydrogens is 438 g/mol. The monoisotopic (exact) mass is 465 g/mol. The zero-order chi connectivity index (χ0) is 23.7. The fraction of sp³-hybridized carbons (Fsp3) is 0.200. The highest BCUT2D eigenvalue weighted by Gasteiger charge is 2.27. The molecule has 0 bridgehead atoms. The van der Waals surface area contributed by atoms with Gasteiger partial charge in [0.2, 0.25) is 0 Å². The molecule has 0 unspecified atom stereocenters. The number of nitrogens with zero attached hydrogens (tertiary/aromatic N) is 2. The molecule has 0 fully saturated rings. The molecule has 3 aromatic carbocycles. The van der Waals surface area contributed by atoms with E-state index in [4.69, 9.17) is 4.74 Å². The van der Waals surface area contributed by atoms with Crippen molar-refractivity contribution in [1.29, 1.82) is 0 Å². The molecule has 7 nitrogen and oxygen atoms in total. The number of sulfonamides is 1. The van der Waals surface area contributed by atoms with Crippen molar-refractivity contribution in [2.45, 2.75) is 25.2 Å². The lowest BCUT2D eigenvalue weighted by molar-refractivity contribution is -0.119. The van der Waals surface area contributed by atoms with E-state index in [2.05, 4.69) is 10.5 Å². The molecule has 0 aromatic heterocycles. The maximum absolute atomic E-state index is 13.3. The summed E-state index contributed by atoms with van der Waals surface area (Å²) in [5, 5.41) is 3.96. The van der Waals surface area contributed by atoms with Gasteiger partial charge in [-0.05, 0) is 67.4 Å². The van der Waals surface area contributed by atoms with Crippen molar-refractivity contribution < 1.29 is 17.9 Å². The van der Waals surface area contributed by atoms with Crippen molar-refractivity contribution in [3.8, 4) is 5.75 Å². The second-order valence-corrected chi connectivity index (χ2v) is 9.23. The summed E-state index contributed by atoms with van der Waals surface area (Å²) >= 11 is 0. The van der Waals surface area contributed by atoms with Crippen LogP contribution in [0.15, 0.2) is 88.9 Å². The number of hydrazone groups is 1. The van der Waals surface area contributed by atoms with Gasteiger partial charge in [0.15, 0.2) is 0 Å². The second kappa shape index (κ2) is 11.3. The van der Waals surface area contributed by atoms with Crippen molar-refractivity contribution in [3.63, 3.8) is 0 Å². The highest BCUT2D eigenvalue weighted by molar-refractivity contribution is 7.92. The van der Waals surface area contributed by atoms with Crippen molar-refractivity contribution in [2.75, 3.05) is 17.5 Å². The van der Waals surface area contributed by atoms with Crippen molar-refractivity contribution in [3.05, 3.63) is 90.0 Å². The van der Waals surface area contributed by atoms with E-state index in [0.29, 0.717) is 12.3 Å². The number of rotatable bonds is 10. The zero-order valence-corrected chi connectivity index (χ0v) is 19.5. The Hall–Kier alpha value is -3.65. The van der Waals surface area contributed by atoms with Crippen LogP contribution in [0.4, 0.5) is 5.69 Å². The summed E-state index contributed by atoms with van der Waals surface area (Å²) in [5.74, 6) is 0.200. The molecule has 0 spiro atoms. The van der Waals surface area contributed by atoms with E-state index in [1.807, 2.05) is 38.1 Å². The molecular formula is C25H27N3O4S. The van der Waals surface area contributed by atoms with Crippen molar-refractivity contribution in [2.24, 2.45) is 5.10 Å². The Morgan fingerprint density at radius 3 is 2.30 bits per heavy atom. The summed E-state index contributed by atoms with van der Waals surface area (Å²) in [6.45, 7) is 4.14. The number of ether oxygens (including phenoxy) is 1. The summed E-state index contributed by atoms with van der Waals surface area (Å²) in [4.78, 5) is 12.7. The van der Waals surface area contributed by atoms with E-state index in [1.54, 1.807) is 42.5 Å². The van der Waals surface area contributed by atoms with Gasteiger partial charge < -0.3 is 4.74 Å². The SMILES string of the molecule is CCCOc1ccc(/C=N\NC(=O)CN(c2ccccc2)S(=O)(=O)c2ccc(C)cc2)cc1. The zero-order valence-electron chi connectivity index (χ0n) is 18.6. The van der Waals surface area contributed by atoms with Gasteiger partial charge in [-0.1, -0.05) is 42.8 Å². The number of amides is 1. The molecule has 0 saturated carbocycles. The summed E-state index contributed by atoms with van der Waals surface area (Å²) in [7, 11) is -3.95. The van der Waals surface area contributed by atoms with Crippen molar-refractivity contribution >= 4 is 27.8 Å². The summed E-state index contributed by atoms with van der Waals surface area (Å²) in [6.07, 6.45) is 2.41. The predicted molar refractivity (Wildman–Crippen MR) is 130 cm³/mol. The lowest BCUT2D eigenvalue weighted by Gasteiger charge is -2.23. The molecule has 33 heavy (non-hydrogen) atoms. The average molecular weight is 466 g/mol. The first-order chi connectivity index (χ1) is 15.9. The summed E-state index contributed by atoms with van der Waals surface area (Å²) in [6, 6.07) is 22.3. The molecule has 0 aliphatic carbocycles. The van der Waals surface area contributed by atoms with Gasteiger partial charge in [-0.25, -0.2) is 13.8 Å². The van der Waals surface area contributed by atoms with Crippen LogP contribution in [0.25, 0.3) is 0 Å². The van der Waals surface area contributed by atoms with Crippen LogP contribution < -0.4 is 14.5 Å². The first-order valence-electron chi connectivity index (χ1n) is 10.6. The fourth-order valence-corrected chi connectivity index (χ4v) is 4.38. The van der Waals surface area contributed by atoms with Gasteiger partial charge in [0, 0.05) is 0 Å². The minimum atomic E-state index is -3.95. The molecule has 1 amide bonds. The summed E-state index contributed by atoms with van der Waals surface area (Å²) in [5.41, 5.74) is 4.51. The normalized spacial score (nSPS) is 11.3. The predicted octanol–water partition coefficient (Wildman–Crippen LogP) is 4.13. The number of nitrogens with one attached hydrogen (secondary N) is 1. The quantitative estimate of drug-likeness (QED) is 0.360. The standard InChI is InChI=1S/C25H27N3O4S/c1-3-17-32-23-13-11-21(12-14-23)18-26-27-25(29)19-28(22-7-5-4-6-8-22)33(30,31)24-15-9-20(2)10-16-24/h4-16,18H,3,17,19H2,1-2H3,(H,27,29)/b26-18-. The van der Waals surface area contributed by atoms with Crippen LogP contribution in [0.3, 0.4) is 0 Å². The lowest BCUT2D eigenvalue weighted by atomic mass is 10.2. The molecule has 0 aliphatic heterocycles. The van der Waals surface area contributed by atoms with E-state index < -0.39 is 22.5 Å². The van der Waals surface area contributed by atoms with E-state index in [-0.39, 0.29) is 4.90 Å². The number of hydrogen-bond donors (Lipinski definition) is 1. The largest absolute Gasteiger partial charge is 0.494 e. The molecule has 0 atom stereocenters. The van der Waals surface area contributed by atoms with E-state index in [9.17, 15) is 13.2 Å². The van der Waals surface area contributed by atoms with Crippen LogP contribution in [-0.4, -0.2) is 33.7 Å². The minimum absolute atomic E-state index is 0.110. The molecule has 8 heteroatoms. The number of hydrogen-bond acceptors (Lipinski definition) is 5. The molecule has 172 valence electrons. The van der Waals surface area contributed by atoms with E-state index >= 15 is 0 Å². The number of para-hydroxylation sites is 1. The Morgan fingerprint density at radius 2 is 1.67 bits per heavy atom. The Kier molecular flexibility index (Phi) is 8.21. The average Bonchev–Trinajstić information content (AvgIpc) is 2.83. The Bertz CT molecular complexity index is 1180. The third-order valence-electron chi connectivity index (χ3n) is 4.70. The van der Waals surface area contributed by atoms with Crippen LogP contribution in [0.2, 0.25) is 0 Å². The Morgan fingerprint density at radius 1 is 1.00 bits per heavy atom. The molecule has 3 rings (SSSR count). The molecule has 1 N–H and O–H groups in total. The Labute approximate surface area is 194 Å². The molecule has 0 heterocycles. The van der Waals surface area contributed by atoms with E-state index in [0.717, 1.165) is 27.6 Å². The molecule has 0 radical (unpaired) electrons. The first kappa shape index (κ1) is 24.0. The number of aryl methyl sites for hydroxylation is 1. The number of benzene rings is 3. The minimum Gasteiger partial charge on any atom is -0.494 e. The number of carbonyl (C=O) groups excluding carboxylic acids is 1. The van der Waals surface area contributed by atoms with Crippen LogP contribution >= 0.6 is 0 Å². The topological polar surface area (TPSA) is 88.1 Å². The second-order valence-electron chi connectivity index (χ2n) is 7.37. The third kappa shape index (κ3) is 6.66. The molecule has 0 aliphatic rings. The lowest BCUT2D eigenvalue weighted by Crippen LogP contribution is -2.39. The fourth-order valence-electron chi connectivity index (χ4n) is 2.96. The molecule has 0 saturated heterocycles. The van der Waals surface area contributed by atoms with Gasteiger partial charge >= 0.3 is 0 Å². The van der Waals surface area contributed by atoms with Gasteiger partial charge in [-0.3, -0.25) is 9.10 Å². The van der Waals surface area contributed by atoms with Crippen LogP contribution in [-0.2, 0) is 14.8 Å². The summed E-state index contributed by atoms with van der Waals surface area (Å²) < 4.78 is 33.2. The van der Waals surface area contributed by atoms with Gasteiger partial charge in [-0.15, -0.1) is 0 Å². The van der Waals surface area contributed by atoms with E-state index in [1.165, 1.54) is 18.3 Å². The van der Waals surface area contributed by atoms with Crippen molar-refractivity contribution in [1.82, 2.24) is 5.43 Å². The highest BCUT2D eigenvalue weighted by Crippen LogP contribution is 2.23. The van der Waals surface area contributed by atoms with Crippen LogP contribution in [0.1, 0.15) is 24.5 Å². The smallest absolute Gasteiger partial charge is 0.264 e. The van der Waals surface area contributed by atoms with Gasteiger partial charge in [-0.2, -0.15) is 5.10 Å². The number of carbonyl (C=O) groups is 1. The maximum Gasteiger partial charge on any atom is 0.264 e. The molecule has 3 aromatic rings. The first-order valence-corrected chi connectivity index (χ1v) is 12.0. The highest BCUT2D eigenvalue weighted by atomic mass is 32.2. The van der Waals surface area contributed by atoms with Gasteiger partial charge in [0.05, 0.1) is 23.4 Å².